The van der Waals surface area contributed by atoms with Gasteiger partial charge in [0.25, 0.3) is 0 Å². The van der Waals surface area contributed by atoms with Crippen LogP contribution in [-0.2, 0) is 14.8 Å². The first-order chi connectivity index (χ1) is 7.74. The molecule has 0 unspecified atom stereocenters. The van der Waals surface area contributed by atoms with Crippen molar-refractivity contribution in [2.75, 3.05) is 0 Å². The van der Waals surface area contributed by atoms with E-state index < -0.39 is 22.0 Å². The minimum Gasteiger partial charge on any atom is -0.480 e. The van der Waals surface area contributed by atoms with Crippen LogP contribution in [-0.4, -0.2) is 25.5 Å². The molecule has 6 heteroatoms. The van der Waals surface area contributed by atoms with Gasteiger partial charge in [-0.2, -0.15) is 4.72 Å². The lowest BCUT2D eigenvalue weighted by molar-refractivity contribution is -0.138. The summed E-state index contributed by atoms with van der Waals surface area (Å²) in [7, 11) is -3.79. The van der Waals surface area contributed by atoms with Crippen LogP contribution in [0.2, 0.25) is 0 Å². The first-order valence-electron chi connectivity index (χ1n) is 5.06. The molecule has 1 aromatic rings. The summed E-state index contributed by atoms with van der Waals surface area (Å²) < 4.78 is 26.0. The molecule has 2 N–H and O–H groups in total. The molecule has 0 saturated carbocycles. The highest BCUT2D eigenvalue weighted by molar-refractivity contribution is 7.89. The van der Waals surface area contributed by atoms with Gasteiger partial charge in [-0.25, -0.2) is 8.42 Å². The standard InChI is InChI=1S/C11H15NO4S/c1-7-4-5-8(2)10(6-7)17(15,16)12-9(3)11(13)14/h4-6,9,12H,1-3H3,(H,13,14)/t9-/m0/s1. The molecule has 0 bridgehead atoms. The number of carbonyl (C=O) groups is 1. The Hall–Kier alpha value is -1.40. The molecular weight excluding hydrogens is 242 g/mol. The molecule has 0 saturated heterocycles. The highest BCUT2D eigenvalue weighted by atomic mass is 32.2. The molecule has 0 fully saturated rings. The van der Waals surface area contributed by atoms with E-state index in [-0.39, 0.29) is 4.90 Å². The predicted molar refractivity (Wildman–Crippen MR) is 63.3 cm³/mol. The summed E-state index contributed by atoms with van der Waals surface area (Å²) in [6.07, 6.45) is 0. The van der Waals surface area contributed by atoms with E-state index in [4.69, 9.17) is 5.11 Å². The predicted octanol–water partition coefficient (Wildman–Crippen LogP) is 1.05. The van der Waals surface area contributed by atoms with Gasteiger partial charge in [-0.1, -0.05) is 12.1 Å². The number of nitrogens with one attached hydrogen (secondary N) is 1. The highest BCUT2D eigenvalue weighted by Crippen LogP contribution is 2.16. The Morgan fingerprint density at radius 2 is 1.94 bits per heavy atom. The molecule has 17 heavy (non-hydrogen) atoms. The second-order valence-corrected chi connectivity index (χ2v) is 5.63. The van der Waals surface area contributed by atoms with Crippen molar-refractivity contribution in [1.82, 2.24) is 4.72 Å². The first kappa shape index (κ1) is 13.7. The van der Waals surface area contributed by atoms with Gasteiger partial charge in [0.05, 0.1) is 4.90 Å². The van der Waals surface area contributed by atoms with Crippen LogP contribution in [0.5, 0.6) is 0 Å². The van der Waals surface area contributed by atoms with Gasteiger partial charge in [0.15, 0.2) is 0 Å². The Labute approximate surface area is 101 Å². The summed E-state index contributed by atoms with van der Waals surface area (Å²) in [6, 6.07) is 3.86. The Balaban J connectivity index is 3.13. The van der Waals surface area contributed by atoms with Gasteiger partial charge in [-0.15, -0.1) is 0 Å². The van der Waals surface area contributed by atoms with Crippen molar-refractivity contribution in [3.05, 3.63) is 29.3 Å². The lowest BCUT2D eigenvalue weighted by atomic mass is 10.2. The topological polar surface area (TPSA) is 83.5 Å². The third-order valence-corrected chi connectivity index (χ3v) is 4.02. The number of benzene rings is 1. The molecular formula is C11H15NO4S. The molecule has 0 aliphatic carbocycles. The maximum absolute atomic E-state index is 11.9. The fourth-order valence-corrected chi connectivity index (χ4v) is 2.87. The van der Waals surface area contributed by atoms with Crippen LogP contribution in [0.3, 0.4) is 0 Å². The van der Waals surface area contributed by atoms with Crippen LogP contribution in [0, 0.1) is 13.8 Å². The molecule has 0 radical (unpaired) electrons. The summed E-state index contributed by atoms with van der Waals surface area (Å²) in [5.74, 6) is -1.21. The van der Waals surface area contributed by atoms with Gasteiger partial charge < -0.3 is 5.11 Å². The number of carboxylic acids is 1. The molecule has 0 heterocycles. The number of hydrogen-bond donors (Lipinski definition) is 2. The number of hydrogen-bond acceptors (Lipinski definition) is 3. The molecule has 5 nitrogen and oxygen atoms in total. The zero-order chi connectivity index (χ0) is 13.2. The molecule has 94 valence electrons. The maximum Gasteiger partial charge on any atom is 0.321 e. The van der Waals surface area contributed by atoms with Crippen LogP contribution in [0.4, 0.5) is 0 Å². The number of aliphatic carboxylic acids is 1. The lowest BCUT2D eigenvalue weighted by Gasteiger charge is -2.12. The normalized spacial score (nSPS) is 13.4. The van der Waals surface area contributed by atoms with E-state index in [0.29, 0.717) is 5.56 Å². The Morgan fingerprint density at radius 1 is 1.35 bits per heavy atom. The lowest BCUT2D eigenvalue weighted by Crippen LogP contribution is -2.38. The molecule has 0 spiro atoms. The van der Waals surface area contributed by atoms with Crippen molar-refractivity contribution in [2.45, 2.75) is 31.7 Å². The smallest absolute Gasteiger partial charge is 0.321 e. The monoisotopic (exact) mass is 257 g/mol. The summed E-state index contributed by atoms with van der Waals surface area (Å²) in [6.45, 7) is 4.73. The third-order valence-electron chi connectivity index (χ3n) is 2.34. The van der Waals surface area contributed by atoms with E-state index in [0.717, 1.165) is 5.56 Å². The average molecular weight is 257 g/mol. The second kappa shape index (κ2) is 4.85. The summed E-state index contributed by atoms with van der Waals surface area (Å²) in [5, 5.41) is 8.69. The minimum absolute atomic E-state index is 0.116. The van der Waals surface area contributed by atoms with Crippen molar-refractivity contribution in [1.29, 1.82) is 0 Å². The van der Waals surface area contributed by atoms with Gasteiger partial charge in [0, 0.05) is 0 Å². The van der Waals surface area contributed by atoms with Gasteiger partial charge in [0.2, 0.25) is 10.0 Å². The molecule has 0 aliphatic heterocycles. The van der Waals surface area contributed by atoms with E-state index >= 15 is 0 Å². The summed E-state index contributed by atoms with van der Waals surface area (Å²) in [5.41, 5.74) is 1.39. The van der Waals surface area contributed by atoms with E-state index in [1.165, 1.54) is 13.0 Å². The Morgan fingerprint density at radius 3 is 2.47 bits per heavy atom. The van der Waals surface area contributed by atoms with Crippen molar-refractivity contribution >= 4 is 16.0 Å². The van der Waals surface area contributed by atoms with Crippen LogP contribution >= 0.6 is 0 Å². The zero-order valence-electron chi connectivity index (χ0n) is 9.89. The first-order valence-corrected chi connectivity index (χ1v) is 6.55. The van der Waals surface area contributed by atoms with E-state index in [1.807, 2.05) is 0 Å². The Bertz CT molecular complexity index is 536. The molecule has 0 aliphatic rings. The van der Waals surface area contributed by atoms with Gasteiger partial charge >= 0.3 is 5.97 Å². The molecule has 1 atom stereocenters. The quantitative estimate of drug-likeness (QED) is 0.844. The number of aryl methyl sites for hydroxylation is 2. The fraction of sp³-hybridized carbons (Fsp3) is 0.364. The van der Waals surface area contributed by atoms with Gasteiger partial charge in [-0.05, 0) is 38.0 Å². The summed E-state index contributed by atoms with van der Waals surface area (Å²) >= 11 is 0. The fourth-order valence-electron chi connectivity index (χ4n) is 1.34. The second-order valence-electron chi connectivity index (χ2n) is 3.95. The van der Waals surface area contributed by atoms with Gasteiger partial charge in [-0.3, -0.25) is 4.79 Å². The van der Waals surface area contributed by atoms with Crippen LogP contribution in [0.25, 0.3) is 0 Å². The van der Waals surface area contributed by atoms with Crippen molar-refractivity contribution in [3.8, 4) is 0 Å². The van der Waals surface area contributed by atoms with E-state index in [2.05, 4.69) is 4.72 Å². The van der Waals surface area contributed by atoms with Gasteiger partial charge in [0.1, 0.15) is 6.04 Å². The summed E-state index contributed by atoms with van der Waals surface area (Å²) in [4.78, 5) is 10.7. The van der Waals surface area contributed by atoms with Crippen LogP contribution in [0.15, 0.2) is 23.1 Å². The number of rotatable bonds is 4. The SMILES string of the molecule is Cc1ccc(C)c(S(=O)(=O)N[C@@H](C)C(=O)O)c1. The van der Waals surface area contributed by atoms with Crippen LogP contribution in [0.1, 0.15) is 18.1 Å². The molecule has 0 aromatic heterocycles. The molecule has 1 rings (SSSR count). The van der Waals surface area contributed by atoms with E-state index in [1.54, 1.807) is 26.0 Å². The minimum atomic E-state index is -3.79. The zero-order valence-corrected chi connectivity index (χ0v) is 10.7. The number of sulfonamides is 1. The highest BCUT2D eigenvalue weighted by Gasteiger charge is 2.22. The van der Waals surface area contributed by atoms with Crippen molar-refractivity contribution < 1.29 is 18.3 Å². The maximum atomic E-state index is 11.9. The van der Waals surface area contributed by atoms with E-state index in [9.17, 15) is 13.2 Å². The molecule has 0 amide bonds. The average Bonchev–Trinajstić information content (AvgIpc) is 2.20. The number of carboxylic acid groups (broad SMARTS) is 1. The van der Waals surface area contributed by atoms with Crippen molar-refractivity contribution in [3.63, 3.8) is 0 Å². The Kier molecular flexibility index (Phi) is 3.90. The van der Waals surface area contributed by atoms with Crippen LogP contribution < -0.4 is 4.72 Å². The van der Waals surface area contributed by atoms with Crippen molar-refractivity contribution in [2.24, 2.45) is 0 Å². The largest absolute Gasteiger partial charge is 0.480 e. The molecule has 1 aromatic carbocycles. The third kappa shape index (κ3) is 3.28.